The van der Waals surface area contributed by atoms with Gasteiger partial charge in [-0.25, -0.2) is 0 Å². The molecule has 0 unspecified atom stereocenters. The Morgan fingerprint density at radius 3 is 2.36 bits per heavy atom. The first-order valence-corrected chi connectivity index (χ1v) is 4.93. The lowest BCUT2D eigenvalue weighted by atomic mass is 10.2. The molecule has 70 valence electrons. The van der Waals surface area contributed by atoms with Gasteiger partial charge in [0.2, 0.25) is 0 Å². The highest BCUT2D eigenvalue weighted by Gasteiger charge is 1.96. The van der Waals surface area contributed by atoms with Crippen molar-refractivity contribution in [3.63, 3.8) is 0 Å². The maximum absolute atomic E-state index is 4.00. The Morgan fingerprint density at radius 1 is 1.14 bits per heavy atom. The Bertz CT molecular complexity index is 405. The summed E-state index contributed by atoms with van der Waals surface area (Å²) < 4.78 is 1.57. The first-order chi connectivity index (χ1) is 6.88. The van der Waals surface area contributed by atoms with Crippen LogP contribution in [0.5, 0.6) is 0 Å². The Kier molecular flexibility index (Phi) is 2.65. The molecule has 0 N–H and O–H groups in total. The highest BCUT2D eigenvalue weighted by molar-refractivity contribution is 7.97. The van der Waals surface area contributed by atoms with E-state index in [0.717, 1.165) is 10.5 Å². The van der Waals surface area contributed by atoms with Crippen LogP contribution in [0.2, 0.25) is 0 Å². The molecule has 0 aliphatic rings. The Hall–Kier alpha value is -1.55. The molecule has 3 nitrogen and oxygen atoms in total. The topological polar surface area (TPSA) is 30.7 Å². The standard InChI is InChI=1S/C10H9N3S/c1-2-9-3-5-10(6-4-9)14-13-11-7-8-12-13/h2-8H,1H2. The van der Waals surface area contributed by atoms with Gasteiger partial charge in [0.25, 0.3) is 0 Å². The molecule has 1 heterocycles. The third-order valence-electron chi connectivity index (χ3n) is 1.70. The zero-order chi connectivity index (χ0) is 9.80. The molecule has 1 aromatic heterocycles. The van der Waals surface area contributed by atoms with Crippen molar-refractivity contribution in [3.05, 3.63) is 48.8 Å². The number of rotatable bonds is 3. The Labute approximate surface area is 86.6 Å². The number of nitrogens with zero attached hydrogens (tertiary/aromatic N) is 3. The molecule has 14 heavy (non-hydrogen) atoms. The summed E-state index contributed by atoms with van der Waals surface area (Å²) >= 11 is 1.47. The van der Waals surface area contributed by atoms with Crippen molar-refractivity contribution in [2.75, 3.05) is 0 Å². The van der Waals surface area contributed by atoms with Crippen molar-refractivity contribution in [3.8, 4) is 0 Å². The van der Waals surface area contributed by atoms with Gasteiger partial charge in [-0.3, -0.25) is 0 Å². The summed E-state index contributed by atoms with van der Waals surface area (Å²) in [4.78, 5) is 1.10. The first kappa shape index (κ1) is 9.02. The second-order valence-electron chi connectivity index (χ2n) is 2.65. The van der Waals surface area contributed by atoms with E-state index < -0.39 is 0 Å². The van der Waals surface area contributed by atoms with Crippen molar-refractivity contribution >= 4 is 18.0 Å². The molecule has 0 amide bonds. The van der Waals surface area contributed by atoms with Crippen molar-refractivity contribution in [2.45, 2.75) is 4.90 Å². The predicted octanol–water partition coefficient (Wildman–Crippen LogP) is 2.48. The zero-order valence-electron chi connectivity index (χ0n) is 7.50. The van der Waals surface area contributed by atoms with Gasteiger partial charge in [-0.05, 0) is 17.7 Å². The van der Waals surface area contributed by atoms with E-state index in [4.69, 9.17) is 0 Å². The van der Waals surface area contributed by atoms with Crippen LogP contribution in [0.15, 0.2) is 48.1 Å². The van der Waals surface area contributed by atoms with Gasteiger partial charge in [0.05, 0.1) is 12.4 Å². The third-order valence-corrected chi connectivity index (χ3v) is 2.54. The molecule has 2 aromatic rings. The summed E-state index contributed by atoms with van der Waals surface area (Å²) in [6.45, 7) is 3.70. The molecule has 0 saturated heterocycles. The van der Waals surface area contributed by atoms with Gasteiger partial charge in [-0.1, -0.05) is 24.8 Å². The molecule has 4 heteroatoms. The van der Waals surface area contributed by atoms with E-state index in [1.807, 2.05) is 30.3 Å². The second-order valence-corrected chi connectivity index (χ2v) is 3.63. The van der Waals surface area contributed by atoms with Crippen LogP contribution in [0.3, 0.4) is 0 Å². The van der Waals surface area contributed by atoms with Crippen LogP contribution >= 0.6 is 11.9 Å². The molecular weight excluding hydrogens is 194 g/mol. The smallest absolute Gasteiger partial charge is 0.0704 e. The van der Waals surface area contributed by atoms with Crippen molar-refractivity contribution < 1.29 is 0 Å². The van der Waals surface area contributed by atoms with Crippen molar-refractivity contribution in [2.24, 2.45) is 0 Å². The Morgan fingerprint density at radius 2 is 1.79 bits per heavy atom. The summed E-state index contributed by atoms with van der Waals surface area (Å²) in [5.41, 5.74) is 1.11. The molecule has 0 spiro atoms. The summed E-state index contributed by atoms with van der Waals surface area (Å²) in [7, 11) is 0. The van der Waals surface area contributed by atoms with Crippen LogP contribution in [0, 0.1) is 0 Å². The minimum atomic E-state index is 1.10. The van der Waals surface area contributed by atoms with Crippen LogP contribution < -0.4 is 0 Å². The van der Waals surface area contributed by atoms with E-state index >= 15 is 0 Å². The minimum Gasteiger partial charge on any atom is -0.150 e. The maximum atomic E-state index is 4.00. The summed E-state index contributed by atoms with van der Waals surface area (Å²) in [6, 6.07) is 8.06. The average molecular weight is 203 g/mol. The van der Waals surface area contributed by atoms with Gasteiger partial charge in [0.1, 0.15) is 0 Å². The Balaban J connectivity index is 2.14. The summed E-state index contributed by atoms with van der Waals surface area (Å²) in [6.07, 6.45) is 5.14. The lowest BCUT2D eigenvalue weighted by Gasteiger charge is -1.99. The van der Waals surface area contributed by atoms with E-state index in [1.54, 1.807) is 16.6 Å². The number of hydrogen-bond acceptors (Lipinski definition) is 3. The van der Waals surface area contributed by atoms with E-state index in [0.29, 0.717) is 0 Å². The normalized spacial score (nSPS) is 10.0. The largest absolute Gasteiger partial charge is 0.150 e. The van der Waals surface area contributed by atoms with Gasteiger partial charge < -0.3 is 0 Å². The molecule has 0 saturated carbocycles. The van der Waals surface area contributed by atoms with E-state index in [2.05, 4.69) is 16.8 Å². The summed E-state index contributed by atoms with van der Waals surface area (Å²) in [5.74, 6) is 0. The fraction of sp³-hybridized carbons (Fsp3) is 0. The predicted molar refractivity (Wildman–Crippen MR) is 57.8 cm³/mol. The van der Waals surface area contributed by atoms with Crippen LogP contribution in [0.4, 0.5) is 0 Å². The second kappa shape index (κ2) is 4.11. The molecular formula is C10H9N3S. The number of aromatic nitrogens is 3. The maximum Gasteiger partial charge on any atom is 0.0704 e. The first-order valence-electron chi connectivity index (χ1n) is 4.15. The van der Waals surface area contributed by atoms with E-state index in [-0.39, 0.29) is 0 Å². The van der Waals surface area contributed by atoms with Gasteiger partial charge in [-0.15, -0.1) is 4.20 Å². The van der Waals surface area contributed by atoms with Crippen LogP contribution in [-0.4, -0.2) is 14.4 Å². The summed E-state index contributed by atoms with van der Waals surface area (Å²) in [5, 5.41) is 8.00. The molecule has 0 fully saturated rings. The molecule has 1 aromatic carbocycles. The van der Waals surface area contributed by atoms with E-state index in [1.165, 1.54) is 11.9 Å². The van der Waals surface area contributed by atoms with Crippen LogP contribution in [-0.2, 0) is 0 Å². The third kappa shape index (κ3) is 2.03. The molecule has 0 bridgehead atoms. The average Bonchev–Trinajstić information content (AvgIpc) is 2.72. The number of benzene rings is 1. The van der Waals surface area contributed by atoms with Crippen molar-refractivity contribution in [1.29, 1.82) is 0 Å². The molecule has 0 radical (unpaired) electrons. The van der Waals surface area contributed by atoms with Gasteiger partial charge in [-0.2, -0.15) is 10.2 Å². The SMILES string of the molecule is C=Cc1ccc(Sn2nccn2)cc1. The highest BCUT2D eigenvalue weighted by Crippen LogP contribution is 2.18. The van der Waals surface area contributed by atoms with Crippen LogP contribution in [0.1, 0.15) is 5.56 Å². The van der Waals surface area contributed by atoms with Gasteiger partial charge in [0.15, 0.2) is 0 Å². The van der Waals surface area contributed by atoms with Crippen LogP contribution in [0.25, 0.3) is 6.08 Å². The monoisotopic (exact) mass is 203 g/mol. The van der Waals surface area contributed by atoms with E-state index in [9.17, 15) is 0 Å². The number of hydrogen-bond donors (Lipinski definition) is 0. The zero-order valence-corrected chi connectivity index (χ0v) is 8.31. The van der Waals surface area contributed by atoms with Gasteiger partial charge >= 0.3 is 0 Å². The molecule has 0 aliphatic heterocycles. The lowest BCUT2D eigenvalue weighted by molar-refractivity contribution is 0.862. The fourth-order valence-electron chi connectivity index (χ4n) is 1.01. The lowest BCUT2D eigenvalue weighted by Crippen LogP contribution is -1.90. The molecule has 0 aliphatic carbocycles. The highest BCUT2D eigenvalue weighted by atomic mass is 32.2. The van der Waals surface area contributed by atoms with Gasteiger partial charge in [0, 0.05) is 16.8 Å². The fourth-order valence-corrected chi connectivity index (χ4v) is 1.66. The minimum absolute atomic E-state index is 1.10. The molecule has 2 rings (SSSR count). The quantitative estimate of drug-likeness (QED) is 0.767. The van der Waals surface area contributed by atoms with Crippen molar-refractivity contribution in [1.82, 2.24) is 14.4 Å². The molecule has 0 atom stereocenters.